The van der Waals surface area contributed by atoms with Crippen LogP contribution in [-0.4, -0.2) is 4.98 Å². The van der Waals surface area contributed by atoms with Gasteiger partial charge in [-0.05, 0) is 78.8 Å². The van der Waals surface area contributed by atoms with E-state index in [1.165, 1.54) is 31.2 Å². The maximum Gasteiger partial charge on any atom is 0.113 e. The lowest BCUT2D eigenvalue weighted by atomic mass is 10.0. The Labute approximate surface area is 192 Å². The molecule has 1 heterocycles. The molecular weight excluding hydrogens is 388 g/mol. The van der Waals surface area contributed by atoms with Gasteiger partial charge in [-0.2, -0.15) is 5.26 Å². The minimum atomic E-state index is 0.631. The highest BCUT2D eigenvalue weighted by Crippen LogP contribution is 2.12. The summed E-state index contributed by atoms with van der Waals surface area (Å²) in [6.45, 7) is 4.36. The van der Waals surface area contributed by atoms with Crippen LogP contribution in [0.5, 0.6) is 0 Å². The van der Waals surface area contributed by atoms with Gasteiger partial charge < -0.3 is 0 Å². The number of benzene rings is 2. The molecule has 0 amide bonds. The molecule has 0 aliphatic heterocycles. The quantitative estimate of drug-likeness (QED) is 0.342. The van der Waals surface area contributed by atoms with Crippen LogP contribution in [-0.2, 0) is 12.8 Å². The van der Waals surface area contributed by atoms with Gasteiger partial charge in [0.2, 0.25) is 0 Å². The number of nitriles is 1. The van der Waals surface area contributed by atoms with Crippen molar-refractivity contribution in [3.8, 4) is 29.8 Å². The largest absolute Gasteiger partial charge is 0.246 e. The molecule has 2 aromatic carbocycles. The van der Waals surface area contributed by atoms with Crippen LogP contribution in [0.15, 0.2) is 60.8 Å². The number of hydrogen-bond acceptors (Lipinski definition) is 2. The topological polar surface area (TPSA) is 36.7 Å². The summed E-state index contributed by atoms with van der Waals surface area (Å²) in [6.07, 6.45) is 8.97. The van der Waals surface area contributed by atoms with Crippen LogP contribution >= 0.6 is 0 Å². The Morgan fingerprint density at radius 3 is 2.06 bits per heavy atom. The van der Waals surface area contributed by atoms with Crippen LogP contribution in [0.4, 0.5) is 0 Å². The van der Waals surface area contributed by atoms with Crippen molar-refractivity contribution in [3.63, 3.8) is 0 Å². The summed E-state index contributed by atoms with van der Waals surface area (Å²) >= 11 is 0. The molecule has 0 bridgehead atoms. The Morgan fingerprint density at radius 2 is 1.41 bits per heavy atom. The van der Waals surface area contributed by atoms with Crippen LogP contribution < -0.4 is 0 Å². The second kappa shape index (κ2) is 12.2. The molecular formula is C30H28N2. The molecule has 3 aromatic rings. The van der Waals surface area contributed by atoms with Gasteiger partial charge in [0.05, 0.1) is 11.6 Å². The second-order valence-electron chi connectivity index (χ2n) is 7.78. The minimum absolute atomic E-state index is 0.631. The van der Waals surface area contributed by atoms with Crippen LogP contribution in [0, 0.1) is 35.0 Å². The molecule has 2 heteroatoms. The van der Waals surface area contributed by atoms with Crippen LogP contribution in [0.3, 0.4) is 0 Å². The van der Waals surface area contributed by atoms with E-state index in [2.05, 4.69) is 72.8 Å². The van der Waals surface area contributed by atoms with Gasteiger partial charge >= 0.3 is 0 Å². The average Bonchev–Trinajstić information content (AvgIpc) is 2.85. The summed E-state index contributed by atoms with van der Waals surface area (Å²) in [5, 5.41) is 8.89. The highest BCUT2D eigenvalue weighted by atomic mass is 14.7. The first-order valence-corrected chi connectivity index (χ1v) is 11.3. The van der Waals surface area contributed by atoms with Crippen molar-refractivity contribution in [3.05, 3.63) is 99.9 Å². The van der Waals surface area contributed by atoms with Crippen LogP contribution in [0.2, 0.25) is 0 Å². The maximum absolute atomic E-state index is 8.89. The predicted octanol–water partition coefficient (Wildman–Crippen LogP) is 6.44. The summed E-state index contributed by atoms with van der Waals surface area (Å²) in [4.78, 5) is 4.48. The number of nitrogens with zero attached hydrogens (tertiary/aromatic N) is 2. The normalized spacial score (nSPS) is 9.78. The van der Waals surface area contributed by atoms with Crippen molar-refractivity contribution in [2.75, 3.05) is 0 Å². The Balaban J connectivity index is 1.69. The summed E-state index contributed by atoms with van der Waals surface area (Å²) in [5.41, 5.74) is 6.71. The van der Waals surface area contributed by atoms with E-state index in [4.69, 9.17) is 5.26 Å². The molecule has 0 saturated heterocycles. The zero-order valence-electron chi connectivity index (χ0n) is 18.9. The summed E-state index contributed by atoms with van der Waals surface area (Å²) in [6, 6.07) is 20.0. The van der Waals surface area contributed by atoms with E-state index in [-0.39, 0.29) is 0 Å². The molecule has 3 rings (SSSR count). The third-order valence-electron chi connectivity index (χ3n) is 5.33. The minimum Gasteiger partial charge on any atom is -0.246 e. The number of unbranched alkanes of at least 4 members (excludes halogenated alkanes) is 3. The Hall–Kier alpha value is -3.80. The Kier molecular flexibility index (Phi) is 8.69. The van der Waals surface area contributed by atoms with Crippen molar-refractivity contribution in [1.82, 2.24) is 4.98 Å². The van der Waals surface area contributed by atoms with E-state index < -0.39 is 0 Å². The Morgan fingerprint density at radius 1 is 0.750 bits per heavy atom. The van der Waals surface area contributed by atoms with Crippen LogP contribution in [0.1, 0.15) is 78.6 Å². The van der Waals surface area contributed by atoms with Gasteiger partial charge in [0.15, 0.2) is 0 Å². The first-order valence-electron chi connectivity index (χ1n) is 11.3. The highest BCUT2D eigenvalue weighted by molar-refractivity contribution is 5.49. The third-order valence-corrected chi connectivity index (χ3v) is 5.33. The molecule has 158 valence electrons. The predicted molar refractivity (Wildman–Crippen MR) is 131 cm³/mol. The summed E-state index contributed by atoms with van der Waals surface area (Å²) < 4.78 is 0. The van der Waals surface area contributed by atoms with Gasteiger partial charge in [-0.15, -0.1) is 0 Å². The molecule has 32 heavy (non-hydrogen) atoms. The molecule has 0 saturated carbocycles. The van der Waals surface area contributed by atoms with E-state index in [1.54, 1.807) is 12.1 Å². The zero-order valence-corrected chi connectivity index (χ0v) is 18.9. The first-order chi connectivity index (χ1) is 15.7. The monoisotopic (exact) mass is 416 g/mol. The van der Waals surface area contributed by atoms with E-state index >= 15 is 0 Å². The maximum atomic E-state index is 8.89. The van der Waals surface area contributed by atoms with Gasteiger partial charge in [-0.3, -0.25) is 0 Å². The highest BCUT2D eigenvalue weighted by Gasteiger charge is 2.01. The fraction of sp³-hybridized carbons (Fsp3) is 0.267. The fourth-order valence-corrected chi connectivity index (χ4v) is 3.38. The molecule has 0 spiro atoms. The molecule has 0 atom stereocenters. The molecule has 2 nitrogen and oxygen atoms in total. The summed E-state index contributed by atoms with van der Waals surface area (Å²) in [5.74, 6) is 12.8. The van der Waals surface area contributed by atoms with E-state index in [9.17, 15) is 0 Å². The fourth-order valence-electron chi connectivity index (χ4n) is 3.38. The molecule has 0 N–H and O–H groups in total. The number of aryl methyl sites for hydroxylation is 2. The van der Waals surface area contributed by atoms with Crippen molar-refractivity contribution in [1.29, 1.82) is 5.26 Å². The number of rotatable bonds is 6. The third kappa shape index (κ3) is 6.87. The van der Waals surface area contributed by atoms with Crippen LogP contribution in [0.25, 0.3) is 0 Å². The molecule has 0 unspecified atom stereocenters. The average molecular weight is 417 g/mol. The van der Waals surface area contributed by atoms with Crippen molar-refractivity contribution >= 4 is 0 Å². The lowest BCUT2D eigenvalue weighted by Gasteiger charge is -2.02. The van der Waals surface area contributed by atoms with Crippen molar-refractivity contribution in [2.24, 2.45) is 0 Å². The second-order valence-corrected chi connectivity index (χ2v) is 7.78. The van der Waals surface area contributed by atoms with Gasteiger partial charge in [0.25, 0.3) is 0 Å². The number of pyridine rings is 1. The smallest absolute Gasteiger partial charge is 0.113 e. The molecule has 0 radical (unpaired) electrons. The van der Waals surface area contributed by atoms with Gasteiger partial charge in [-0.1, -0.05) is 63.0 Å². The molecule has 0 aliphatic carbocycles. The molecule has 0 aliphatic rings. The summed E-state index contributed by atoms with van der Waals surface area (Å²) in [7, 11) is 0. The lowest BCUT2D eigenvalue weighted by Crippen LogP contribution is -1.93. The lowest BCUT2D eigenvalue weighted by molar-refractivity contribution is 0.667. The van der Waals surface area contributed by atoms with E-state index in [0.717, 1.165) is 40.8 Å². The first kappa shape index (κ1) is 22.9. The van der Waals surface area contributed by atoms with E-state index in [0.29, 0.717) is 5.56 Å². The zero-order chi connectivity index (χ0) is 22.6. The Bertz CT molecular complexity index is 1190. The number of hydrogen-bond donors (Lipinski definition) is 0. The van der Waals surface area contributed by atoms with Crippen molar-refractivity contribution in [2.45, 2.75) is 52.4 Å². The van der Waals surface area contributed by atoms with Crippen molar-refractivity contribution < 1.29 is 0 Å². The van der Waals surface area contributed by atoms with Gasteiger partial charge in [0, 0.05) is 22.9 Å². The molecule has 1 aromatic heterocycles. The van der Waals surface area contributed by atoms with E-state index in [1.807, 2.05) is 24.4 Å². The SMILES string of the molecule is CCCCCCc1ccc(C#Cc2cnc(C#Cc3ccc(C#N)cc3)cc2CC)cc1. The molecule has 0 fully saturated rings. The van der Waals surface area contributed by atoms with Gasteiger partial charge in [0.1, 0.15) is 5.69 Å². The van der Waals surface area contributed by atoms with Gasteiger partial charge in [-0.25, -0.2) is 4.98 Å². The standard InChI is InChI=1S/C30H28N2/c1-3-5-6-7-8-24-9-11-25(12-10-24)17-19-29-23-32-30(21-28(29)4-2)20-18-26-13-15-27(22-31)16-14-26/h9-16,21,23H,3-8H2,1-2H3. The number of aromatic nitrogens is 1.